The van der Waals surface area contributed by atoms with Crippen molar-refractivity contribution in [1.82, 2.24) is 10.2 Å². The summed E-state index contributed by atoms with van der Waals surface area (Å²) in [5.74, 6) is 0.698. The number of aromatic hydroxyl groups is 1. The van der Waals surface area contributed by atoms with E-state index in [4.69, 9.17) is 0 Å². The largest absolute Gasteiger partial charge is 0.505 e. The van der Waals surface area contributed by atoms with Gasteiger partial charge in [0.25, 0.3) is 0 Å². The first kappa shape index (κ1) is 12.9. The van der Waals surface area contributed by atoms with Crippen LogP contribution in [0, 0.1) is 17.7 Å². The Bertz CT molecular complexity index is 465. The Morgan fingerprint density at radius 3 is 3.00 bits per heavy atom. The lowest BCUT2D eigenvalue weighted by atomic mass is 9.93. The van der Waals surface area contributed by atoms with Gasteiger partial charge in [0.15, 0.2) is 11.6 Å². The summed E-state index contributed by atoms with van der Waals surface area (Å²) in [5.41, 5.74) is 0.946. The molecule has 3 unspecified atom stereocenters. The Labute approximate surface area is 113 Å². The maximum absolute atomic E-state index is 13.4. The molecular weight excluding hydrogens is 243 g/mol. The number of nitrogens with one attached hydrogen (secondary N) is 1. The minimum atomic E-state index is -0.522. The van der Waals surface area contributed by atoms with Gasteiger partial charge in [-0.2, -0.15) is 0 Å². The average Bonchev–Trinajstić information content (AvgIpc) is 2.94. The molecule has 3 nitrogen and oxygen atoms in total. The maximum atomic E-state index is 13.4. The molecule has 0 aliphatic carbocycles. The predicted molar refractivity (Wildman–Crippen MR) is 72.4 cm³/mol. The summed E-state index contributed by atoms with van der Waals surface area (Å²) in [6.45, 7) is 6.34. The number of fused-ring (bicyclic) bond motifs is 1. The van der Waals surface area contributed by atoms with Gasteiger partial charge in [-0.15, -0.1) is 0 Å². The van der Waals surface area contributed by atoms with E-state index in [2.05, 4.69) is 17.1 Å². The van der Waals surface area contributed by atoms with Crippen LogP contribution in [-0.4, -0.2) is 35.7 Å². The highest BCUT2D eigenvalue weighted by molar-refractivity contribution is 5.28. The van der Waals surface area contributed by atoms with Gasteiger partial charge in [-0.05, 0) is 49.0 Å². The predicted octanol–water partition coefficient (Wildman–Crippen LogP) is 1.96. The Kier molecular flexibility index (Phi) is 3.46. The molecule has 0 saturated carbocycles. The molecule has 1 aromatic carbocycles. The Balaban J connectivity index is 1.74. The second-order valence-electron chi connectivity index (χ2n) is 5.77. The van der Waals surface area contributed by atoms with Crippen LogP contribution >= 0.6 is 0 Å². The molecule has 2 aliphatic heterocycles. The molecule has 0 amide bonds. The van der Waals surface area contributed by atoms with E-state index in [1.54, 1.807) is 0 Å². The van der Waals surface area contributed by atoms with Crippen LogP contribution in [-0.2, 0) is 6.54 Å². The number of phenols is 1. The van der Waals surface area contributed by atoms with Crippen LogP contribution in [0.4, 0.5) is 4.39 Å². The van der Waals surface area contributed by atoms with Gasteiger partial charge >= 0.3 is 0 Å². The summed E-state index contributed by atoms with van der Waals surface area (Å²) in [7, 11) is 0. The van der Waals surface area contributed by atoms with E-state index < -0.39 is 5.82 Å². The number of hydrogen-bond acceptors (Lipinski definition) is 3. The first-order chi connectivity index (χ1) is 9.19. The van der Waals surface area contributed by atoms with Crippen LogP contribution in [0.1, 0.15) is 18.9 Å². The highest BCUT2D eigenvalue weighted by Gasteiger charge is 2.42. The molecule has 2 aliphatic rings. The first-order valence-electron chi connectivity index (χ1n) is 7.11. The lowest BCUT2D eigenvalue weighted by molar-refractivity contribution is 0.210. The van der Waals surface area contributed by atoms with Crippen molar-refractivity contribution in [2.24, 2.45) is 11.8 Å². The fraction of sp³-hybridized carbons (Fsp3) is 0.600. The SMILES string of the molecule is CCC1C2CNCC2CN1Cc1ccc(O)c(F)c1. The summed E-state index contributed by atoms with van der Waals surface area (Å²) in [6.07, 6.45) is 1.14. The van der Waals surface area contributed by atoms with E-state index in [1.165, 1.54) is 12.1 Å². The monoisotopic (exact) mass is 264 g/mol. The molecule has 19 heavy (non-hydrogen) atoms. The molecule has 2 heterocycles. The summed E-state index contributed by atoms with van der Waals surface area (Å²) < 4.78 is 13.4. The molecule has 0 radical (unpaired) electrons. The molecule has 0 aromatic heterocycles. The van der Waals surface area contributed by atoms with Gasteiger partial charge in [-0.1, -0.05) is 13.0 Å². The summed E-state index contributed by atoms with van der Waals surface area (Å²) in [4.78, 5) is 2.47. The minimum Gasteiger partial charge on any atom is -0.505 e. The summed E-state index contributed by atoms with van der Waals surface area (Å²) in [5, 5.41) is 12.7. The molecule has 104 valence electrons. The van der Waals surface area contributed by atoms with Crippen LogP contribution in [0.3, 0.4) is 0 Å². The van der Waals surface area contributed by atoms with Crippen molar-refractivity contribution >= 4 is 0 Å². The Hall–Kier alpha value is -1.13. The first-order valence-corrected chi connectivity index (χ1v) is 7.11. The minimum absolute atomic E-state index is 0.265. The second-order valence-corrected chi connectivity index (χ2v) is 5.77. The van der Waals surface area contributed by atoms with Gasteiger partial charge in [0.1, 0.15) is 0 Å². The van der Waals surface area contributed by atoms with Gasteiger partial charge in [0.05, 0.1) is 0 Å². The molecule has 3 atom stereocenters. The molecule has 0 bridgehead atoms. The van der Waals surface area contributed by atoms with Gasteiger partial charge < -0.3 is 10.4 Å². The van der Waals surface area contributed by atoms with Crippen LogP contribution in [0.5, 0.6) is 5.75 Å². The van der Waals surface area contributed by atoms with Crippen molar-refractivity contribution in [1.29, 1.82) is 0 Å². The number of nitrogens with zero attached hydrogens (tertiary/aromatic N) is 1. The standard InChI is InChI=1S/C15H21FN2O/c1-2-14-12-7-17-6-11(12)9-18(14)8-10-3-4-15(19)13(16)5-10/h3-5,11-12,14,17,19H,2,6-9H2,1H3. The second kappa shape index (κ2) is 5.10. The van der Waals surface area contributed by atoms with Crippen molar-refractivity contribution in [3.8, 4) is 5.75 Å². The third-order valence-electron chi connectivity index (χ3n) is 4.64. The van der Waals surface area contributed by atoms with Crippen molar-refractivity contribution in [3.05, 3.63) is 29.6 Å². The molecular formula is C15H21FN2O. The number of phenolic OH excluding ortho intramolecular Hbond substituents is 1. The highest BCUT2D eigenvalue weighted by atomic mass is 19.1. The molecule has 3 rings (SSSR count). The van der Waals surface area contributed by atoms with Crippen LogP contribution < -0.4 is 5.32 Å². The summed E-state index contributed by atoms with van der Waals surface area (Å²) >= 11 is 0. The van der Waals surface area contributed by atoms with Crippen molar-refractivity contribution in [2.45, 2.75) is 25.9 Å². The summed E-state index contributed by atoms with van der Waals surface area (Å²) in [6, 6.07) is 5.31. The molecule has 1 aromatic rings. The van der Waals surface area contributed by atoms with Gasteiger partial charge in [0, 0.05) is 19.1 Å². The number of benzene rings is 1. The zero-order valence-corrected chi connectivity index (χ0v) is 11.3. The number of likely N-dealkylation sites (tertiary alicyclic amines) is 1. The quantitative estimate of drug-likeness (QED) is 0.876. The average molecular weight is 264 g/mol. The van der Waals surface area contributed by atoms with E-state index in [1.807, 2.05) is 6.07 Å². The Morgan fingerprint density at radius 1 is 1.42 bits per heavy atom. The number of rotatable bonds is 3. The topological polar surface area (TPSA) is 35.5 Å². The van der Waals surface area contributed by atoms with Crippen molar-refractivity contribution < 1.29 is 9.50 Å². The zero-order valence-electron chi connectivity index (χ0n) is 11.3. The third-order valence-corrected chi connectivity index (χ3v) is 4.64. The molecule has 2 saturated heterocycles. The zero-order chi connectivity index (χ0) is 13.4. The van der Waals surface area contributed by atoms with E-state index >= 15 is 0 Å². The maximum Gasteiger partial charge on any atom is 0.165 e. The Morgan fingerprint density at radius 2 is 2.26 bits per heavy atom. The molecule has 4 heteroatoms. The molecule has 2 fully saturated rings. The van der Waals surface area contributed by atoms with Gasteiger partial charge in [0.2, 0.25) is 0 Å². The van der Waals surface area contributed by atoms with E-state index in [0.717, 1.165) is 50.0 Å². The smallest absolute Gasteiger partial charge is 0.165 e. The van der Waals surface area contributed by atoms with Crippen LogP contribution in [0.15, 0.2) is 18.2 Å². The van der Waals surface area contributed by atoms with Crippen LogP contribution in [0.25, 0.3) is 0 Å². The third kappa shape index (κ3) is 2.35. The lowest BCUT2D eigenvalue weighted by Gasteiger charge is -2.26. The van der Waals surface area contributed by atoms with Crippen molar-refractivity contribution in [3.63, 3.8) is 0 Å². The number of halogens is 1. The molecule has 0 spiro atoms. The van der Waals surface area contributed by atoms with E-state index in [0.29, 0.717) is 6.04 Å². The number of hydrogen-bond donors (Lipinski definition) is 2. The van der Waals surface area contributed by atoms with Gasteiger partial charge in [-0.25, -0.2) is 4.39 Å². The van der Waals surface area contributed by atoms with Crippen LogP contribution in [0.2, 0.25) is 0 Å². The van der Waals surface area contributed by atoms with Gasteiger partial charge in [-0.3, -0.25) is 4.90 Å². The lowest BCUT2D eigenvalue weighted by Crippen LogP contribution is -2.34. The molecule has 2 N–H and O–H groups in total. The highest BCUT2D eigenvalue weighted by Crippen LogP contribution is 2.35. The fourth-order valence-corrected chi connectivity index (χ4v) is 3.74. The fourth-order valence-electron chi connectivity index (χ4n) is 3.74. The van der Waals surface area contributed by atoms with E-state index in [-0.39, 0.29) is 5.75 Å². The van der Waals surface area contributed by atoms with Crippen molar-refractivity contribution in [2.75, 3.05) is 19.6 Å². The normalized spacial score (nSPS) is 30.7. The van der Waals surface area contributed by atoms with E-state index in [9.17, 15) is 9.50 Å².